The van der Waals surface area contributed by atoms with E-state index in [0.717, 1.165) is 16.7 Å². The molecule has 2 unspecified atom stereocenters. The molecule has 0 aromatic heterocycles. The Balaban J connectivity index is 0.000000159. The summed E-state index contributed by atoms with van der Waals surface area (Å²) in [6.45, 7) is 7.75. The minimum Gasteiger partial charge on any atom is -0.508 e. The predicted molar refractivity (Wildman–Crippen MR) is 189 cm³/mol. The fourth-order valence-electron chi connectivity index (χ4n) is 6.55. The van der Waals surface area contributed by atoms with Crippen molar-refractivity contribution in [1.82, 2.24) is 0 Å². The highest BCUT2D eigenvalue weighted by Gasteiger charge is 2.37. The first-order chi connectivity index (χ1) is 24.2. The number of rotatable bonds is 3. The summed E-state index contributed by atoms with van der Waals surface area (Å²) in [7, 11) is 1.53. The van der Waals surface area contributed by atoms with Crippen LogP contribution >= 0.6 is 0 Å². The molecule has 0 amide bonds. The molecule has 4 aromatic carbocycles. The highest BCUT2D eigenvalue weighted by molar-refractivity contribution is 6.05. The standard InChI is InChI=1S/C21H20O5.C20H18O5/c1-21(2)9-8-14-17(26-21)11-18(24-3)19-15(23)10-16(25-20(14)19)12-4-6-13(22)7-5-12;1-20(2)8-7-13-17(25-20)10-15(23)18-14(22)9-16(24-19(13)18)11-3-5-12(21)6-4-11/h4-9,11,16,22H,10H2,1-3H3;3-8,10,16,21,23H,9H2,1-2H3. The van der Waals surface area contributed by atoms with E-state index in [-0.39, 0.29) is 47.2 Å². The number of methoxy groups -OCH3 is 1. The summed E-state index contributed by atoms with van der Waals surface area (Å²) in [5, 5.41) is 29.2. The molecule has 0 bridgehead atoms. The zero-order chi connectivity index (χ0) is 36.2. The Labute approximate surface area is 295 Å². The van der Waals surface area contributed by atoms with E-state index in [1.807, 2.05) is 52.0 Å². The van der Waals surface area contributed by atoms with Crippen LogP contribution in [-0.2, 0) is 0 Å². The lowest BCUT2D eigenvalue weighted by Gasteiger charge is -2.33. The molecule has 0 aliphatic carbocycles. The van der Waals surface area contributed by atoms with E-state index in [1.165, 1.54) is 13.2 Å². The number of phenolic OH excluding ortho intramolecular Hbond substituents is 3. The topological polar surface area (TPSA) is 141 Å². The van der Waals surface area contributed by atoms with Gasteiger partial charge >= 0.3 is 0 Å². The molecule has 0 radical (unpaired) electrons. The molecule has 0 saturated carbocycles. The SMILES string of the molecule is CC1(C)C=Cc2c(cc(O)c3c2OC(c2ccc(O)cc2)CC3=O)O1.COc1cc2c(c3c1C(=O)CC(c1ccc(O)cc1)O3)C=CC(C)(C)O2. The van der Waals surface area contributed by atoms with Crippen molar-refractivity contribution < 1.29 is 48.6 Å². The molecule has 4 aliphatic rings. The van der Waals surface area contributed by atoms with Gasteiger partial charge in [0.25, 0.3) is 0 Å². The molecule has 262 valence electrons. The number of phenols is 3. The number of benzene rings is 4. The predicted octanol–water partition coefficient (Wildman–Crippen LogP) is 8.28. The average Bonchev–Trinajstić information content (AvgIpc) is 3.07. The first kappa shape index (κ1) is 33.6. The second kappa shape index (κ2) is 12.5. The molecule has 2 atom stereocenters. The lowest BCUT2D eigenvalue weighted by Crippen LogP contribution is -2.29. The van der Waals surface area contributed by atoms with Crippen LogP contribution in [0.25, 0.3) is 12.2 Å². The Morgan fingerprint density at radius 2 is 1.08 bits per heavy atom. The number of ether oxygens (including phenoxy) is 5. The summed E-state index contributed by atoms with van der Waals surface area (Å²) in [5.41, 5.74) is 2.73. The van der Waals surface area contributed by atoms with Crippen molar-refractivity contribution in [1.29, 1.82) is 0 Å². The van der Waals surface area contributed by atoms with Crippen LogP contribution in [0.4, 0.5) is 0 Å². The van der Waals surface area contributed by atoms with Gasteiger partial charge in [0.05, 0.1) is 31.1 Å². The van der Waals surface area contributed by atoms with Crippen molar-refractivity contribution in [3.8, 4) is 46.0 Å². The normalized spacial score (nSPS) is 20.0. The van der Waals surface area contributed by atoms with Crippen LogP contribution in [-0.4, -0.2) is 45.2 Å². The van der Waals surface area contributed by atoms with Crippen molar-refractivity contribution in [2.24, 2.45) is 0 Å². The number of aromatic hydroxyl groups is 3. The van der Waals surface area contributed by atoms with Gasteiger partial charge in [-0.05, 0) is 87.4 Å². The van der Waals surface area contributed by atoms with Crippen molar-refractivity contribution in [2.45, 2.75) is 63.9 Å². The van der Waals surface area contributed by atoms with Gasteiger partial charge < -0.3 is 39.0 Å². The molecule has 4 heterocycles. The van der Waals surface area contributed by atoms with Crippen LogP contribution in [0.1, 0.15) is 95.7 Å². The maximum absolute atomic E-state index is 12.9. The van der Waals surface area contributed by atoms with E-state index in [1.54, 1.807) is 54.6 Å². The van der Waals surface area contributed by atoms with Crippen LogP contribution in [0.5, 0.6) is 46.0 Å². The van der Waals surface area contributed by atoms with Gasteiger partial charge in [0, 0.05) is 12.1 Å². The summed E-state index contributed by atoms with van der Waals surface area (Å²) < 4.78 is 29.7. The third kappa shape index (κ3) is 6.45. The van der Waals surface area contributed by atoms with Gasteiger partial charge in [-0.25, -0.2) is 0 Å². The van der Waals surface area contributed by atoms with Gasteiger partial charge in [0.15, 0.2) is 11.6 Å². The Bertz CT molecular complexity index is 2110. The Morgan fingerprint density at radius 3 is 1.55 bits per heavy atom. The number of Topliss-reactive ketones (excluding diaryl/α,β-unsaturated/α-hetero) is 2. The molecule has 0 spiro atoms. The molecule has 0 saturated heterocycles. The molecular weight excluding hydrogens is 652 g/mol. The minimum atomic E-state index is -0.497. The fraction of sp³-hybridized carbons (Fsp3) is 0.268. The van der Waals surface area contributed by atoms with E-state index < -0.39 is 23.4 Å². The maximum Gasteiger partial charge on any atom is 0.174 e. The largest absolute Gasteiger partial charge is 0.508 e. The van der Waals surface area contributed by atoms with E-state index in [0.29, 0.717) is 39.9 Å². The molecule has 4 aliphatic heterocycles. The smallest absolute Gasteiger partial charge is 0.174 e. The molecule has 10 heteroatoms. The van der Waals surface area contributed by atoms with Crippen LogP contribution in [0.15, 0.2) is 72.8 Å². The number of ketones is 2. The number of fused-ring (bicyclic) bond motifs is 6. The summed E-state index contributed by atoms with van der Waals surface area (Å²) in [5.74, 6) is 2.38. The average molecular weight is 691 g/mol. The third-order valence-electron chi connectivity index (χ3n) is 9.12. The van der Waals surface area contributed by atoms with Gasteiger partial charge in [-0.2, -0.15) is 0 Å². The van der Waals surface area contributed by atoms with Crippen LogP contribution < -0.4 is 23.7 Å². The number of hydrogen-bond donors (Lipinski definition) is 3. The van der Waals surface area contributed by atoms with E-state index >= 15 is 0 Å². The summed E-state index contributed by atoms with van der Waals surface area (Å²) in [4.78, 5) is 25.5. The van der Waals surface area contributed by atoms with Crippen molar-refractivity contribution >= 4 is 23.7 Å². The monoisotopic (exact) mass is 690 g/mol. The van der Waals surface area contributed by atoms with E-state index in [9.17, 15) is 24.9 Å². The summed E-state index contributed by atoms with van der Waals surface area (Å²) in [6, 6.07) is 16.5. The Morgan fingerprint density at radius 1 is 0.647 bits per heavy atom. The highest BCUT2D eigenvalue weighted by Crippen LogP contribution is 2.50. The van der Waals surface area contributed by atoms with Crippen molar-refractivity contribution in [2.75, 3.05) is 7.11 Å². The molecule has 3 N–H and O–H groups in total. The fourth-order valence-corrected chi connectivity index (χ4v) is 6.55. The Kier molecular flexibility index (Phi) is 8.20. The minimum absolute atomic E-state index is 0.0396. The second-order valence-electron chi connectivity index (χ2n) is 13.9. The molecule has 0 fully saturated rings. The molecular formula is C41H38O10. The molecule has 8 rings (SSSR count). The molecule has 10 nitrogen and oxygen atoms in total. The van der Waals surface area contributed by atoms with Crippen molar-refractivity contribution in [3.05, 3.63) is 106 Å². The molecule has 4 aromatic rings. The summed E-state index contributed by atoms with van der Waals surface area (Å²) >= 11 is 0. The van der Waals surface area contributed by atoms with Crippen LogP contribution in [0.2, 0.25) is 0 Å². The lowest BCUT2D eigenvalue weighted by molar-refractivity contribution is 0.0830. The molecule has 51 heavy (non-hydrogen) atoms. The van der Waals surface area contributed by atoms with Gasteiger partial charge in [0.2, 0.25) is 0 Å². The quantitative estimate of drug-likeness (QED) is 0.192. The lowest BCUT2D eigenvalue weighted by atomic mass is 9.91. The van der Waals surface area contributed by atoms with Gasteiger partial charge in [-0.3, -0.25) is 9.59 Å². The second-order valence-corrected chi connectivity index (χ2v) is 13.9. The van der Waals surface area contributed by atoms with Crippen molar-refractivity contribution in [3.63, 3.8) is 0 Å². The van der Waals surface area contributed by atoms with Crippen LogP contribution in [0.3, 0.4) is 0 Å². The summed E-state index contributed by atoms with van der Waals surface area (Å²) in [6.07, 6.45) is 7.08. The van der Waals surface area contributed by atoms with Crippen LogP contribution in [0, 0.1) is 0 Å². The number of hydrogen-bond acceptors (Lipinski definition) is 10. The van der Waals surface area contributed by atoms with E-state index in [2.05, 4.69) is 0 Å². The Hall–Kier alpha value is -5.90. The van der Waals surface area contributed by atoms with E-state index in [4.69, 9.17) is 23.7 Å². The third-order valence-corrected chi connectivity index (χ3v) is 9.12. The first-order valence-corrected chi connectivity index (χ1v) is 16.6. The number of carbonyl (C=O) groups is 2. The first-order valence-electron chi connectivity index (χ1n) is 16.6. The zero-order valence-corrected chi connectivity index (χ0v) is 28.9. The highest BCUT2D eigenvalue weighted by atomic mass is 16.5. The van der Waals surface area contributed by atoms with Gasteiger partial charge in [-0.1, -0.05) is 24.3 Å². The number of carbonyl (C=O) groups excluding carboxylic acids is 2. The van der Waals surface area contributed by atoms with Gasteiger partial charge in [-0.15, -0.1) is 0 Å². The van der Waals surface area contributed by atoms with Gasteiger partial charge in [0.1, 0.15) is 80.5 Å². The zero-order valence-electron chi connectivity index (χ0n) is 28.9. The maximum atomic E-state index is 12.9.